The fraction of sp³-hybridized carbons (Fsp3) is 0.263. The molecule has 0 N–H and O–H groups in total. The molecule has 3 atom stereocenters. The van der Waals surface area contributed by atoms with Crippen molar-refractivity contribution in [3.8, 4) is 0 Å². The van der Waals surface area contributed by atoms with Crippen molar-refractivity contribution in [2.75, 3.05) is 11.6 Å². The first-order valence-corrected chi connectivity index (χ1v) is 8.61. The van der Waals surface area contributed by atoms with Crippen molar-refractivity contribution in [3.63, 3.8) is 0 Å². The number of carbonyl (C=O) groups is 2. The van der Waals surface area contributed by atoms with E-state index in [0.29, 0.717) is 11.6 Å². The van der Waals surface area contributed by atoms with Crippen LogP contribution >= 0.6 is 11.6 Å². The number of imide groups is 1. The maximum Gasteiger partial charge on any atom is 0.261 e. The van der Waals surface area contributed by atoms with E-state index in [2.05, 4.69) is 0 Å². The molecule has 4 rings (SSSR count). The average molecular weight is 357 g/mol. The maximum absolute atomic E-state index is 12.8. The van der Waals surface area contributed by atoms with Crippen molar-refractivity contribution >= 4 is 29.1 Å². The van der Waals surface area contributed by atoms with Gasteiger partial charge in [0.15, 0.2) is 6.10 Å². The van der Waals surface area contributed by atoms with Gasteiger partial charge in [-0.1, -0.05) is 41.9 Å². The van der Waals surface area contributed by atoms with E-state index in [4.69, 9.17) is 16.4 Å². The van der Waals surface area contributed by atoms with Crippen LogP contribution in [0.2, 0.25) is 5.02 Å². The molecule has 2 fully saturated rings. The van der Waals surface area contributed by atoms with Crippen molar-refractivity contribution in [1.82, 2.24) is 4.90 Å². The number of hydroxylamine groups is 1. The number of hydrogen-bond donors (Lipinski definition) is 0. The molecule has 2 amide bonds. The summed E-state index contributed by atoms with van der Waals surface area (Å²) in [4.78, 5) is 32.6. The topological polar surface area (TPSA) is 49.9 Å². The van der Waals surface area contributed by atoms with E-state index in [0.717, 1.165) is 11.3 Å². The number of carbonyl (C=O) groups excluding carboxylic acids is 2. The molecule has 2 aliphatic rings. The number of likely N-dealkylation sites (N-methyl/N-ethyl adjacent to an activating group) is 1. The summed E-state index contributed by atoms with van der Waals surface area (Å²) in [6.45, 7) is 2.15. The average Bonchev–Trinajstić information content (AvgIpc) is 3.13. The zero-order chi connectivity index (χ0) is 17.6. The van der Waals surface area contributed by atoms with Crippen LogP contribution in [0.5, 0.6) is 0 Å². The molecular formula is C19H17ClN2O3. The molecule has 2 aromatic rings. The molecule has 5 nitrogen and oxygen atoms in total. The molecule has 0 unspecified atom stereocenters. The summed E-state index contributed by atoms with van der Waals surface area (Å²) in [5.41, 5.74) is 1.69. The summed E-state index contributed by atoms with van der Waals surface area (Å²) in [7, 11) is 0. The Balaban J connectivity index is 1.79. The van der Waals surface area contributed by atoms with Gasteiger partial charge in [0.05, 0.1) is 11.7 Å². The second-order valence-electron chi connectivity index (χ2n) is 6.13. The second kappa shape index (κ2) is 6.17. The van der Waals surface area contributed by atoms with Crippen LogP contribution in [0, 0.1) is 5.92 Å². The first kappa shape index (κ1) is 16.1. The highest BCUT2D eigenvalue weighted by Crippen LogP contribution is 2.46. The molecule has 2 heterocycles. The molecule has 128 valence electrons. The molecule has 0 saturated carbocycles. The molecule has 0 radical (unpaired) electrons. The van der Waals surface area contributed by atoms with Crippen molar-refractivity contribution in [1.29, 1.82) is 0 Å². The van der Waals surface area contributed by atoms with E-state index in [1.165, 1.54) is 4.90 Å². The smallest absolute Gasteiger partial charge is 0.261 e. The third-order valence-electron chi connectivity index (χ3n) is 4.75. The van der Waals surface area contributed by atoms with Gasteiger partial charge in [0, 0.05) is 11.6 Å². The van der Waals surface area contributed by atoms with Crippen LogP contribution in [0.25, 0.3) is 0 Å². The Labute approximate surface area is 150 Å². The normalized spacial score (nSPS) is 25.6. The lowest BCUT2D eigenvalue weighted by Gasteiger charge is -2.28. The summed E-state index contributed by atoms with van der Waals surface area (Å²) in [5.74, 6) is -0.997. The van der Waals surface area contributed by atoms with Crippen LogP contribution in [-0.4, -0.2) is 29.4 Å². The van der Waals surface area contributed by atoms with Crippen molar-refractivity contribution in [2.45, 2.75) is 19.1 Å². The van der Waals surface area contributed by atoms with Crippen LogP contribution < -0.4 is 5.06 Å². The van der Waals surface area contributed by atoms with E-state index in [1.807, 2.05) is 42.5 Å². The van der Waals surface area contributed by atoms with E-state index in [-0.39, 0.29) is 17.9 Å². The summed E-state index contributed by atoms with van der Waals surface area (Å²) < 4.78 is 0. The van der Waals surface area contributed by atoms with Gasteiger partial charge in [-0.25, -0.2) is 5.06 Å². The standard InChI is InChI=1S/C19H17ClN2O3/c1-2-21-18(23)15-16(12-6-4-3-5-7-12)22(25-17(15)19(21)24)14-10-8-13(20)9-11-14/h3-11,15-17H,2H2,1H3/t15-,16+,17+/m1/s1. The molecule has 0 bridgehead atoms. The minimum atomic E-state index is -0.784. The fourth-order valence-electron chi connectivity index (χ4n) is 3.58. The predicted molar refractivity (Wildman–Crippen MR) is 93.9 cm³/mol. The van der Waals surface area contributed by atoms with E-state index >= 15 is 0 Å². The van der Waals surface area contributed by atoms with Gasteiger partial charge in [-0.2, -0.15) is 0 Å². The Hall–Kier alpha value is -2.37. The Bertz CT molecular complexity index is 809. The number of rotatable bonds is 3. The van der Waals surface area contributed by atoms with Gasteiger partial charge in [-0.15, -0.1) is 0 Å². The summed E-state index contributed by atoms with van der Waals surface area (Å²) in [6, 6.07) is 16.5. The molecule has 6 heteroatoms. The van der Waals surface area contributed by atoms with Gasteiger partial charge < -0.3 is 0 Å². The first-order valence-electron chi connectivity index (χ1n) is 8.23. The van der Waals surface area contributed by atoms with Crippen molar-refractivity contribution < 1.29 is 14.4 Å². The zero-order valence-corrected chi connectivity index (χ0v) is 14.4. The predicted octanol–water partition coefficient (Wildman–Crippen LogP) is 3.21. The molecule has 0 aliphatic carbocycles. The van der Waals surface area contributed by atoms with Crippen molar-refractivity contribution in [2.24, 2.45) is 5.92 Å². The molecule has 2 aromatic carbocycles. The molecule has 25 heavy (non-hydrogen) atoms. The fourth-order valence-corrected chi connectivity index (χ4v) is 3.71. The third-order valence-corrected chi connectivity index (χ3v) is 5.00. The highest BCUT2D eigenvalue weighted by molar-refractivity contribution is 6.30. The van der Waals surface area contributed by atoms with Gasteiger partial charge in [-0.05, 0) is 36.8 Å². The van der Waals surface area contributed by atoms with Gasteiger partial charge >= 0.3 is 0 Å². The number of benzene rings is 2. The Morgan fingerprint density at radius 2 is 1.68 bits per heavy atom. The molecular weight excluding hydrogens is 340 g/mol. The number of likely N-dealkylation sites (tertiary alicyclic amines) is 1. The highest BCUT2D eigenvalue weighted by Gasteiger charge is 2.59. The summed E-state index contributed by atoms with van der Waals surface area (Å²) >= 11 is 5.98. The molecule has 0 spiro atoms. The van der Waals surface area contributed by atoms with Crippen molar-refractivity contribution in [3.05, 3.63) is 65.2 Å². The number of anilines is 1. The zero-order valence-electron chi connectivity index (χ0n) is 13.6. The van der Waals surface area contributed by atoms with Gasteiger partial charge in [-0.3, -0.25) is 19.3 Å². The van der Waals surface area contributed by atoms with E-state index < -0.39 is 12.0 Å². The largest absolute Gasteiger partial charge is 0.280 e. The van der Waals surface area contributed by atoms with Gasteiger partial charge in [0.1, 0.15) is 5.92 Å². The van der Waals surface area contributed by atoms with Crippen LogP contribution in [0.4, 0.5) is 5.69 Å². The number of fused-ring (bicyclic) bond motifs is 1. The van der Waals surface area contributed by atoms with Gasteiger partial charge in [0.2, 0.25) is 5.91 Å². The lowest BCUT2D eigenvalue weighted by Crippen LogP contribution is -2.37. The maximum atomic E-state index is 12.8. The Kier molecular flexibility index (Phi) is 3.98. The summed E-state index contributed by atoms with van der Waals surface area (Å²) in [5, 5.41) is 2.28. The minimum absolute atomic E-state index is 0.178. The molecule has 2 aliphatic heterocycles. The molecule has 0 aromatic heterocycles. The van der Waals surface area contributed by atoms with Crippen LogP contribution in [-0.2, 0) is 14.4 Å². The SMILES string of the molecule is CCN1C(=O)[C@H]2[C@H](ON(c3ccc(Cl)cc3)[C@H]2c2ccccc2)C1=O. The van der Waals surface area contributed by atoms with E-state index in [9.17, 15) is 9.59 Å². The summed E-state index contributed by atoms with van der Waals surface area (Å²) in [6.07, 6.45) is -0.784. The highest BCUT2D eigenvalue weighted by atomic mass is 35.5. The van der Waals surface area contributed by atoms with Crippen LogP contribution in [0.1, 0.15) is 18.5 Å². The van der Waals surface area contributed by atoms with Crippen LogP contribution in [0.15, 0.2) is 54.6 Å². The number of halogens is 1. The lowest BCUT2D eigenvalue weighted by atomic mass is 9.90. The number of hydrogen-bond acceptors (Lipinski definition) is 4. The molecule has 2 saturated heterocycles. The number of nitrogens with zero attached hydrogens (tertiary/aromatic N) is 2. The lowest BCUT2D eigenvalue weighted by molar-refractivity contribution is -0.142. The van der Waals surface area contributed by atoms with Gasteiger partial charge in [0.25, 0.3) is 5.91 Å². The monoisotopic (exact) mass is 356 g/mol. The third kappa shape index (κ3) is 2.51. The van der Waals surface area contributed by atoms with E-state index in [1.54, 1.807) is 24.1 Å². The Morgan fingerprint density at radius 3 is 2.32 bits per heavy atom. The first-order chi connectivity index (χ1) is 12.1. The Morgan fingerprint density at radius 1 is 1.00 bits per heavy atom. The quantitative estimate of drug-likeness (QED) is 0.792. The van der Waals surface area contributed by atoms with Crippen LogP contribution in [0.3, 0.4) is 0 Å². The second-order valence-corrected chi connectivity index (χ2v) is 6.57. The number of amides is 2. The minimum Gasteiger partial charge on any atom is -0.280 e.